The summed E-state index contributed by atoms with van der Waals surface area (Å²) in [6.45, 7) is 1.50. The number of ketones is 1. The summed E-state index contributed by atoms with van der Waals surface area (Å²) in [5.41, 5.74) is 3.29. The molecule has 0 N–H and O–H groups in total. The molecule has 0 fully saturated rings. The largest absolute Gasteiger partial charge is 0.465 e. The minimum Gasteiger partial charge on any atom is -0.465 e. The highest BCUT2D eigenvalue weighted by Crippen LogP contribution is 2.21. The molecule has 0 aliphatic heterocycles. The Morgan fingerprint density at radius 2 is 1.81 bits per heavy atom. The van der Waals surface area contributed by atoms with Gasteiger partial charge in [0.2, 0.25) is 0 Å². The highest BCUT2D eigenvalue weighted by atomic mass is 16.5. The molecule has 0 saturated carbocycles. The molecule has 5 heteroatoms. The fraction of sp³-hybridized carbons (Fsp3) is 0.125. The van der Waals surface area contributed by atoms with Crippen LogP contribution in [-0.4, -0.2) is 28.8 Å². The van der Waals surface area contributed by atoms with Gasteiger partial charge in [-0.1, -0.05) is 6.07 Å². The molecule has 0 radical (unpaired) electrons. The third-order valence-electron chi connectivity index (χ3n) is 3.28. The molecule has 3 rings (SSSR count). The van der Waals surface area contributed by atoms with E-state index in [1.807, 2.05) is 0 Å². The molecule has 0 aliphatic rings. The molecule has 0 atom stereocenters. The number of fused-ring (bicyclic) bond motifs is 2. The van der Waals surface area contributed by atoms with Crippen molar-refractivity contribution >= 4 is 33.8 Å². The number of carbonyl (C=O) groups excluding carboxylic acids is 2. The van der Waals surface area contributed by atoms with E-state index in [2.05, 4.69) is 9.97 Å². The van der Waals surface area contributed by atoms with Gasteiger partial charge in [-0.2, -0.15) is 0 Å². The molecule has 1 aromatic heterocycles. The second kappa shape index (κ2) is 4.94. The second-order valence-electron chi connectivity index (χ2n) is 4.65. The SMILES string of the molecule is COC(=O)c1cccc2nc3cc(C(C)=O)ccc3nc12. The van der Waals surface area contributed by atoms with Gasteiger partial charge in [-0.05, 0) is 37.3 Å². The lowest BCUT2D eigenvalue weighted by Gasteiger charge is -2.06. The van der Waals surface area contributed by atoms with Crippen LogP contribution < -0.4 is 0 Å². The number of methoxy groups -OCH3 is 1. The van der Waals surface area contributed by atoms with Crippen molar-refractivity contribution in [3.63, 3.8) is 0 Å². The first-order valence-corrected chi connectivity index (χ1v) is 6.40. The maximum absolute atomic E-state index is 11.8. The first-order valence-electron chi connectivity index (χ1n) is 6.40. The Morgan fingerprint density at radius 1 is 1.00 bits per heavy atom. The van der Waals surface area contributed by atoms with E-state index in [-0.39, 0.29) is 5.78 Å². The predicted molar refractivity (Wildman–Crippen MR) is 78.4 cm³/mol. The van der Waals surface area contributed by atoms with Gasteiger partial charge < -0.3 is 4.74 Å². The molecular weight excluding hydrogens is 268 g/mol. The van der Waals surface area contributed by atoms with Gasteiger partial charge in [-0.15, -0.1) is 0 Å². The molecule has 1 heterocycles. The normalized spacial score (nSPS) is 10.8. The van der Waals surface area contributed by atoms with Crippen molar-refractivity contribution in [1.82, 2.24) is 9.97 Å². The smallest absolute Gasteiger partial charge is 0.340 e. The molecular formula is C16H12N2O3. The number of Topliss-reactive ketones (excluding diaryl/α,β-unsaturated/α-hetero) is 1. The molecule has 2 aromatic carbocycles. The monoisotopic (exact) mass is 280 g/mol. The van der Waals surface area contributed by atoms with Crippen molar-refractivity contribution in [1.29, 1.82) is 0 Å². The summed E-state index contributed by atoms with van der Waals surface area (Å²) < 4.78 is 4.76. The number of carbonyl (C=O) groups is 2. The Balaban J connectivity index is 2.32. The van der Waals surface area contributed by atoms with Crippen molar-refractivity contribution in [2.75, 3.05) is 7.11 Å². The minimum atomic E-state index is -0.449. The predicted octanol–water partition coefficient (Wildman–Crippen LogP) is 2.77. The number of esters is 1. The highest BCUT2D eigenvalue weighted by molar-refractivity contribution is 6.04. The maximum Gasteiger partial charge on any atom is 0.340 e. The van der Waals surface area contributed by atoms with Crippen molar-refractivity contribution in [2.24, 2.45) is 0 Å². The van der Waals surface area contributed by atoms with Crippen LogP contribution in [0.1, 0.15) is 27.6 Å². The minimum absolute atomic E-state index is 0.0258. The summed E-state index contributed by atoms with van der Waals surface area (Å²) in [6, 6.07) is 10.3. The van der Waals surface area contributed by atoms with Crippen LogP contribution in [0.3, 0.4) is 0 Å². The van der Waals surface area contributed by atoms with E-state index >= 15 is 0 Å². The topological polar surface area (TPSA) is 69.2 Å². The molecule has 5 nitrogen and oxygen atoms in total. The molecule has 104 valence electrons. The Kier molecular flexibility index (Phi) is 3.10. The Bertz CT molecular complexity index is 887. The van der Waals surface area contributed by atoms with Crippen molar-refractivity contribution < 1.29 is 14.3 Å². The van der Waals surface area contributed by atoms with E-state index in [1.165, 1.54) is 14.0 Å². The van der Waals surface area contributed by atoms with E-state index in [0.717, 1.165) is 0 Å². The zero-order chi connectivity index (χ0) is 15.0. The van der Waals surface area contributed by atoms with E-state index in [0.29, 0.717) is 33.2 Å². The molecule has 0 bridgehead atoms. The molecule has 0 unspecified atom stereocenters. The number of para-hydroxylation sites is 1. The van der Waals surface area contributed by atoms with Gasteiger partial charge in [0, 0.05) is 5.56 Å². The van der Waals surface area contributed by atoms with Gasteiger partial charge in [0.1, 0.15) is 5.52 Å². The summed E-state index contributed by atoms with van der Waals surface area (Å²) in [5.74, 6) is -0.475. The van der Waals surface area contributed by atoms with Gasteiger partial charge in [0.15, 0.2) is 5.78 Å². The Hall–Kier alpha value is -2.82. The highest BCUT2D eigenvalue weighted by Gasteiger charge is 2.13. The number of nitrogens with zero attached hydrogens (tertiary/aromatic N) is 2. The number of aromatic nitrogens is 2. The fourth-order valence-electron chi connectivity index (χ4n) is 2.19. The first-order chi connectivity index (χ1) is 10.1. The van der Waals surface area contributed by atoms with Crippen LogP contribution in [0.2, 0.25) is 0 Å². The molecule has 0 saturated heterocycles. The van der Waals surface area contributed by atoms with Gasteiger partial charge in [-0.25, -0.2) is 14.8 Å². The second-order valence-corrected chi connectivity index (χ2v) is 4.65. The van der Waals surface area contributed by atoms with Crippen LogP contribution in [0.5, 0.6) is 0 Å². The molecule has 3 aromatic rings. The first kappa shape index (κ1) is 13.2. The van der Waals surface area contributed by atoms with E-state index in [1.54, 1.807) is 36.4 Å². The van der Waals surface area contributed by atoms with Crippen LogP contribution in [-0.2, 0) is 4.74 Å². The standard InChI is InChI=1S/C16H12N2O3/c1-9(19)10-6-7-12-14(8-10)17-13-5-3-4-11(15(13)18-12)16(20)21-2/h3-8H,1-2H3. The van der Waals surface area contributed by atoms with Crippen LogP contribution in [0.4, 0.5) is 0 Å². The van der Waals surface area contributed by atoms with Gasteiger partial charge >= 0.3 is 5.97 Å². The van der Waals surface area contributed by atoms with Gasteiger partial charge in [0.25, 0.3) is 0 Å². The van der Waals surface area contributed by atoms with Crippen LogP contribution >= 0.6 is 0 Å². The third kappa shape index (κ3) is 2.23. The summed E-state index contributed by atoms with van der Waals surface area (Å²) in [4.78, 5) is 32.1. The average Bonchev–Trinajstić information content (AvgIpc) is 2.50. The Labute approximate surface area is 120 Å². The van der Waals surface area contributed by atoms with Crippen molar-refractivity contribution in [3.8, 4) is 0 Å². The third-order valence-corrected chi connectivity index (χ3v) is 3.28. The summed E-state index contributed by atoms with van der Waals surface area (Å²) in [7, 11) is 1.33. The van der Waals surface area contributed by atoms with Gasteiger partial charge in [0.05, 0.1) is 29.2 Å². The number of benzene rings is 2. The van der Waals surface area contributed by atoms with Gasteiger partial charge in [-0.3, -0.25) is 4.79 Å². The lowest BCUT2D eigenvalue weighted by Crippen LogP contribution is -2.04. The lowest BCUT2D eigenvalue weighted by atomic mass is 10.1. The number of hydrogen-bond acceptors (Lipinski definition) is 5. The average molecular weight is 280 g/mol. The number of ether oxygens (including phenoxy) is 1. The zero-order valence-corrected chi connectivity index (χ0v) is 11.6. The summed E-state index contributed by atoms with van der Waals surface area (Å²) >= 11 is 0. The van der Waals surface area contributed by atoms with Crippen molar-refractivity contribution in [2.45, 2.75) is 6.92 Å². The number of rotatable bonds is 2. The van der Waals surface area contributed by atoms with Crippen LogP contribution in [0, 0.1) is 0 Å². The zero-order valence-electron chi connectivity index (χ0n) is 11.6. The van der Waals surface area contributed by atoms with E-state index < -0.39 is 5.97 Å². The fourth-order valence-corrected chi connectivity index (χ4v) is 2.19. The van der Waals surface area contributed by atoms with Crippen molar-refractivity contribution in [3.05, 3.63) is 47.5 Å². The lowest BCUT2D eigenvalue weighted by molar-refractivity contribution is 0.0602. The molecule has 21 heavy (non-hydrogen) atoms. The molecule has 0 aliphatic carbocycles. The molecule has 0 spiro atoms. The Morgan fingerprint density at radius 3 is 2.52 bits per heavy atom. The van der Waals surface area contributed by atoms with Crippen LogP contribution in [0.25, 0.3) is 22.1 Å². The van der Waals surface area contributed by atoms with Crippen LogP contribution in [0.15, 0.2) is 36.4 Å². The van der Waals surface area contributed by atoms with E-state index in [9.17, 15) is 9.59 Å². The summed E-state index contributed by atoms with van der Waals surface area (Å²) in [6.07, 6.45) is 0. The molecule has 0 amide bonds. The summed E-state index contributed by atoms with van der Waals surface area (Å²) in [5, 5.41) is 0. The number of hydrogen-bond donors (Lipinski definition) is 0. The maximum atomic E-state index is 11.8. The quantitative estimate of drug-likeness (QED) is 0.410. The van der Waals surface area contributed by atoms with E-state index in [4.69, 9.17) is 4.74 Å².